The molecule has 1 amide bonds. The zero-order chi connectivity index (χ0) is 12.1. The minimum absolute atomic E-state index is 0.253. The van der Waals surface area contributed by atoms with Gasteiger partial charge in [-0.1, -0.05) is 17.7 Å². The number of aromatic nitrogens is 2. The van der Waals surface area contributed by atoms with Gasteiger partial charge in [-0.15, -0.1) is 0 Å². The van der Waals surface area contributed by atoms with E-state index in [2.05, 4.69) is 15.3 Å². The van der Waals surface area contributed by atoms with Crippen LogP contribution in [-0.2, 0) is 6.54 Å². The summed E-state index contributed by atoms with van der Waals surface area (Å²) >= 11 is 5.78. The maximum Gasteiger partial charge on any atom is 0.270 e. The summed E-state index contributed by atoms with van der Waals surface area (Å²) in [6, 6.07) is 6.86. The van der Waals surface area contributed by atoms with E-state index in [9.17, 15) is 4.79 Å². The number of hydrogen-bond donors (Lipinski definition) is 1. The number of carbonyl (C=O) groups is 1. The Hall–Kier alpha value is -1.94. The molecule has 1 N–H and O–H groups in total. The van der Waals surface area contributed by atoms with Crippen LogP contribution in [0.3, 0.4) is 0 Å². The molecule has 0 fully saturated rings. The van der Waals surface area contributed by atoms with Crippen LogP contribution < -0.4 is 5.32 Å². The van der Waals surface area contributed by atoms with E-state index in [1.165, 1.54) is 12.3 Å². The minimum Gasteiger partial charge on any atom is -0.347 e. The summed E-state index contributed by atoms with van der Waals surface area (Å²) in [5.41, 5.74) is 1.24. The quantitative estimate of drug-likeness (QED) is 0.903. The number of pyridine rings is 2. The van der Waals surface area contributed by atoms with Gasteiger partial charge in [0.25, 0.3) is 5.91 Å². The first-order valence-electron chi connectivity index (χ1n) is 5.04. The molecule has 17 heavy (non-hydrogen) atoms. The molecule has 2 aromatic rings. The number of halogens is 1. The van der Waals surface area contributed by atoms with Crippen LogP contribution in [0.5, 0.6) is 0 Å². The lowest BCUT2D eigenvalue weighted by molar-refractivity contribution is 0.0946. The summed E-state index contributed by atoms with van der Waals surface area (Å²) in [5.74, 6) is -0.253. The van der Waals surface area contributed by atoms with E-state index in [1.807, 2.05) is 12.1 Å². The van der Waals surface area contributed by atoms with Gasteiger partial charge in [-0.2, -0.15) is 0 Å². The van der Waals surface area contributed by atoms with Gasteiger partial charge in [-0.3, -0.25) is 14.8 Å². The third-order valence-corrected chi connectivity index (χ3v) is 2.37. The lowest BCUT2D eigenvalue weighted by atomic mass is 10.3. The van der Waals surface area contributed by atoms with Gasteiger partial charge in [0.1, 0.15) is 5.69 Å². The SMILES string of the molecule is O=C(NCc1cccnc1)c1cc(Cl)ccn1. The summed E-state index contributed by atoms with van der Waals surface area (Å²) < 4.78 is 0. The maximum atomic E-state index is 11.7. The van der Waals surface area contributed by atoms with E-state index in [1.54, 1.807) is 18.5 Å². The molecule has 2 aromatic heterocycles. The second kappa shape index (κ2) is 5.41. The van der Waals surface area contributed by atoms with Crippen molar-refractivity contribution in [3.63, 3.8) is 0 Å². The van der Waals surface area contributed by atoms with Crippen molar-refractivity contribution in [2.75, 3.05) is 0 Å². The molecule has 2 rings (SSSR count). The number of hydrogen-bond acceptors (Lipinski definition) is 3. The second-order valence-electron chi connectivity index (χ2n) is 3.40. The average Bonchev–Trinajstić information content (AvgIpc) is 2.37. The van der Waals surface area contributed by atoms with E-state index in [0.29, 0.717) is 17.3 Å². The normalized spacial score (nSPS) is 9.94. The monoisotopic (exact) mass is 247 g/mol. The molecular formula is C12H10ClN3O. The molecule has 2 heterocycles. The van der Waals surface area contributed by atoms with Gasteiger partial charge in [0.15, 0.2) is 0 Å². The summed E-state index contributed by atoms with van der Waals surface area (Å²) in [6.45, 7) is 0.418. The molecule has 0 saturated heterocycles. The van der Waals surface area contributed by atoms with Crippen molar-refractivity contribution >= 4 is 17.5 Å². The molecule has 0 atom stereocenters. The van der Waals surface area contributed by atoms with Crippen molar-refractivity contribution in [1.29, 1.82) is 0 Å². The van der Waals surface area contributed by atoms with Crippen molar-refractivity contribution in [1.82, 2.24) is 15.3 Å². The van der Waals surface area contributed by atoms with E-state index in [-0.39, 0.29) is 5.91 Å². The number of carbonyl (C=O) groups excluding carboxylic acids is 1. The van der Waals surface area contributed by atoms with Crippen LogP contribution in [-0.4, -0.2) is 15.9 Å². The first-order chi connectivity index (χ1) is 8.25. The predicted molar refractivity (Wildman–Crippen MR) is 64.7 cm³/mol. The van der Waals surface area contributed by atoms with Crippen molar-refractivity contribution in [3.8, 4) is 0 Å². The molecule has 0 unspecified atom stereocenters. The molecule has 0 bridgehead atoms. The Kier molecular flexibility index (Phi) is 3.67. The Morgan fingerprint density at radius 1 is 1.35 bits per heavy atom. The van der Waals surface area contributed by atoms with Crippen molar-refractivity contribution < 1.29 is 4.79 Å². The molecule has 0 aliphatic heterocycles. The summed E-state index contributed by atoms with van der Waals surface area (Å²) in [4.78, 5) is 19.6. The third kappa shape index (κ3) is 3.26. The highest BCUT2D eigenvalue weighted by atomic mass is 35.5. The van der Waals surface area contributed by atoms with Crippen LogP contribution >= 0.6 is 11.6 Å². The highest BCUT2D eigenvalue weighted by molar-refractivity contribution is 6.30. The zero-order valence-electron chi connectivity index (χ0n) is 8.93. The molecule has 0 radical (unpaired) electrons. The number of nitrogens with zero attached hydrogens (tertiary/aromatic N) is 2. The predicted octanol–water partition coefficient (Wildman–Crippen LogP) is 2.06. The highest BCUT2D eigenvalue weighted by Crippen LogP contribution is 2.07. The number of nitrogens with one attached hydrogen (secondary N) is 1. The number of amides is 1. The smallest absolute Gasteiger partial charge is 0.270 e. The lowest BCUT2D eigenvalue weighted by Gasteiger charge is -2.04. The highest BCUT2D eigenvalue weighted by Gasteiger charge is 2.06. The Bertz CT molecular complexity index is 516. The van der Waals surface area contributed by atoms with E-state index in [0.717, 1.165) is 5.56 Å². The Morgan fingerprint density at radius 2 is 2.24 bits per heavy atom. The fraction of sp³-hybridized carbons (Fsp3) is 0.0833. The third-order valence-electron chi connectivity index (χ3n) is 2.13. The van der Waals surface area contributed by atoms with Crippen LogP contribution in [0.25, 0.3) is 0 Å². The molecule has 0 aromatic carbocycles. The summed E-state index contributed by atoms with van der Waals surface area (Å²) in [6.07, 6.45) is 4.89. The second-order valence-corrected chi connectivity index (χ2v) is 3.84. The average molecular weight is 248 g/mol. The lowest BCUT2D eigenvalue weighted by Crippen LogP contribution is -2.23. The standard InChI is InChI=1S/C12H10ClN3O/c13-10-3-5-15-11(6-10)12(17)16-8-9-2-1-4-14-7-9/h1-7H,8H2,(H,16,17). The fourth-order valence-corrected chi connectivity index (χ4v) is 1.46. The van der Waals surface area contributed by atoms with Crippen LogP contribution in [0, 0.1) is 0 Å². The van der Waals surface area contributed by atoms with Crippen molar-refractivity contribution in [2.45, 2.75) is 6.54 Å². The summed E-state index contributed by atoms with van der Waals surface area (Å²) in [7, 11) is 0. The molecule has 86 valence electrons. The fourth-order valence-electron chi connectivity index (χ4n) is 1.30. The van der Waals surface area contributed by atoms with Gasteiger partial charge in [-0.05, 0) is 23.8 Å². The minimum atomic E-state index is -0.253. The Labute approximate surface area is 104 Å². The largest absolute Gasteiger partial charge is 0.347 e. The van der Waals surface area contributed by atoms with Crippen LogP contribution in [0.2, 0.25) is 5.02 Å². The van der Waals surface area contributed by atoms with Crippen LogP contribution in [0.4, 0.5) is 0 Å². The van der Waals surface area contributed by atoms with E-state index >= 15 is 0 Å². The van der Waals surface area contributed by atoms with E-state index in [4.69, 9.17) is 11.6 Å². The molecule has 0 saturated carbocycles. The maximum absolute atomic E-state index is 11.7. The van der Waals surface area contributed by atoms with Gasteiger partial charge in [0.2, 0.25) is 0 Å². The first kappa shape index (κ1) is 11.5. The molecule has 0 spiro atoms. The van der Waals surface area contributed by atoms with Gasteiger partial charge >= 0.3 is 0 Å². The van der Waals surface area contributed by atoms with Gasteiger partial charge < -0.3 is 5.32 Å². The van der Waals surface area contributed by atoms with Gasteiger partial charge in [-0.25, -0.2) is 0 Å². The van der Waals surface area contributed by atoms with Gasteiger partial charge in [0.05, 0.1) is 0 Å². The van der Waals surface area contributed by atoms with E-state index < -0.39 is 0 Å². The van der Waals surface area contributed by atoms with Crippen LogP contribution in [0.15, 0.2) is 42.9 Å². The molecular weight excluding hydrogens is 238 g/mol. The molecule has 4 nitrogen and oxygen atoms in total. The van der Waals surface area contributed by atoms with Gasteiger partial charge in [0, 0.05) is 30.2 Å². The summed E-state index contributed by atoms with van der Waals surface area (Å²) in [5, 5.41) is 3.23. The van der Waals surface area contributed by atoms with Crippen LogP contribution in [0.1, 0.15) is 16.1 Å². The van der Waals surface area contributed by atoms with Crippen molar-refractivity contribution in [2.24, 2.45) is 0 Å². The zero-order valence-corrected chi connectivity index (χ0v) is 9.69. The van der Waals surface area contributed by atoms with Crippen molar-refractivity contribution in [3.05, 3.63) is 59.1 Å². The first-order valence-corrected chi connectivity index (χ1v) is 5.42. The number of rotatable bonds is 3. The topological polar surface area (TPSA) is 54.9 Å². The Morgan fingerprint density at radius 3 is 2.94 bits per heavy atom. The molecule has 0 aliphatic rings. The molecule has 0 aliphatic carbocycles. The molecule has 5 heteroatoms. The Balaban J connectivity index is 1.98.